The average Bonchev–Trinajstić information content (AvgIpc) is 2.15. The molecule has 0 saturated carbocycles. The third-order valence-electron chi connectivity index (χ3n) is 1.27. The zero-order chi connectivity index (χ0) is 8.81. The summed E-state index contributed by atoms with van der Waals surface area (Å²) in [5, 5.41) is 0. The molecule has 0 bridgehead atoms. The first-order chi connectivity index (χ1) is 5.86. The minimum absolute atomic E-state index is 0.846. The molecule has 12 heavy (non-hydrogen) atoms. The maximum absolute atomic E-state index is 4.08. The van der Waals surface area contributed by atoms with Crippen molar-refractivity contribution >= 4 is 28.7 Å². The molecule has 0 saturated heterocycles. The van der Waals surface area contributed by atoms with Gasteiger partial charge in [0, 0.05) is 18.2 Å². The molecule has 1 aromatic rings. The maximum Gasteiger partial charge on any atom is 0.135 e. The minimum Gasteiger partial charge on any atom is -0.313 e. The smallest absolute Gasteiger partial charge is 0.135 e. The van der Waals surface area contributed by atoms with E-state index in [1.165, 1.54) is 0 Å². The Morgan fingerprint density at radius 1 is 1.67 bits per heavy atom. The standard InChI is InChI=1S/C9H9IN2/c1-2-3-4-8-5-6-11-9(7-8)12-10/h5-7H,2H2,1H3,(H,11,12). The monoisotopic (exact) mass is 272 g/mol. The number of pyridine rings is 1. The first kappa shape index (κ1) is 9.33. The third kappa shape index (κ3) is 2.70. The molecule has 1 heterocycles. The average molecular weight is 272 g/mol. The lowest BCUT2D eigenvalue weighted by atomic mass is 10.2. The Kier molecular flexibility index (Phi) is 3.88. The van der Waals surface area contributed by atoms with Gasteiger partial charge in [-0.2, -0.15) is 0 Å². The van der Waals surface area contributed by atoms with Crippen molar-refractivity contribution in [2.75, 3.05) is 3.53 Å². The molecule has 0 spiro atoms. The number of hydrogen-bond donors (Lipinski definition) is 1. The fourth-order valence-electron chi connectivity index (χ4n) is 0.750. The lowest BCUT2D eigenvalue weighted by Gasteiger charge is -1.95. The van der Waals surface area contributed by atoms with E-state index in [2.05, 4.69) is 20.4 Å². The van der Waals surface area contributed by atoms with E-state index in [0.29, 0.717) is 0 Å². The van der Waals surface area contributed by atoms with Gasteiger partial charge < -0.3 is 3.53 Å². The van der Waals surface area contributed by atoms with Crippen LogP contribution in [0.2, 0.25) is 0 Å². The predicted molar refractivity (Wildman–Crippen MR) is 59.0 cm³/mol. The first-order valence-electron chi connectivity index (χ1n) is 3.68. The van der Waals surface area contributed by atoms with Gasteiger partial charge in [-0.3, -0.25) is 0 Å². The Hall–Kier alpha value is -0.760. The van der Waals surface area contributed by atoms with E-state index in [1.807, 2.05) is 41.9 Å². The normalized spacial score (nSPS) is 8.50. The second kappa shape index (κ2) is 4.99. The topological polar surface area (TPSA) is 24.9 Å². The molecule has 2 nitrogen and oxygen atoms in total. The van der Waals surface area contributed by atoms with Gasteiger partial charge >= 0.3 is 0 Å². The number of nitrogens with zero attached hydrogens (tertiary/aromatic N) is 1. The molecule has 0 radical (unpaired) electrons. The van der Waals surface area contributed by atoms with Crippen LogP contribution >= 0.6 is 22.9 Å². The summed E-state index contributed by atoms with van der Waals surface area (Å²) in [6.45, 7) is 2.03. The Morgan fingerprint density at radius 3 is 3.17 bits per heavy atom. The van der Waals surface area contributed by atoms with E-state index < -0.39 is 0 Å². The van der Waals surface area contributed by atoms with E-state index in [-0.39, 0.29) is 0 Å². The molecule has 0 aliphatic rings. The van der Waals surface area contributed by atoms with Crippen LogP contribution in [0.15, 0.2) is 18.3 Å². The van der Waals surface area contributed by atoms with Crippen LogP contribution in [0.3, 0.4) is 0 Å². The Bertz CT molecular complexity index is 312. The molecule has 0 atom stereocenters. The summed E-state index contributed by atoms with van der Waals surface area (Å²) in [5.74, 6) is 6.89. The van der Waals surface area contributed by atoms with E-state index in [9.17, 15) is 0 Å². The van der Waals surface area contributed by atoms with E-state index >= 15 is 0 Å². The molecule has 0 aliphatic heterocycles. The number of hydrogen-bond acceptors (Lipinski definition) is 2. The molecule has 0 unspecified atom stereocenters. The highest BCUT2D eigenvalue weighted by atomic mass is 127. The molecule has 0 fully saturated rings. The number of anilines is 1. The summed E-state index contributed by atoms with van der Waals surface area (Å²) in [5.41, 5.74) is 1.01. The van der Waals surface area contributed by atoms with E-state index in [1.54, 1.807) is 6.20 Å². The van der Waals surface area contributed by atoms with Crippen LogP contribution < -0.4 is 3.53 Å². The summed E-state index contributed by atoms with van der Waals surface area (Å²) < 4.78 is 2.93. The van der Waals surface area contributed by atoms with Crippen LogP contribution in [0.1, 0.15) is 18.9 Å². The summed E-state index contributed by atoms with van der Waals surface area (Å²) in [4.78, 5) is 4.08. The first-order valence-corrected chi connectivity index (χ1v) is 4.76. The molecule has 1 rings (SSSR count). The van der Waals surface area contributed by atoms with Gasteiger partial charge in [0.25, 0.3) is 0 Å². The summed E-state index contributed by atoms with van der Waals surface area (Å²) in [7, 11) is 0. The molecular weight excluding hydrogens is 263 g/mol. The quantitative estimate of drug-likeness (QED) is 0.483. The van der Waals surface area contributed by atoms with E-state index in [0.717, 1.165) is 17.8 Å². The zero-order valence-electron chi connectivity index (χ0n) is 6.76. The fraction of sp³-hybridized carbons (Fsp3) is 0.222. The van der Waals surface area contributed by atoms with Crippen LogP contribution in [0.25, 0.3) is 0 Å². The van der Waals surface area contributed by atoms with Crippen LogP contribution in [0.5, 0.6) is 0 Å². The second-order valence-corrected chi connectivity index (χ2v) is 2.72. The summed E-state index contributed by atoms with van der Waals surface area (Å²) >= 11 is 2.05. The molecule has 0 aromatic carbocycles. The van der Waals surface area contributed by atoms with Gasteiger partial charge in [-0.05, 0) is 12.1 Å². The summed E-state index contributed by atoms with van der Waals surface area (Å²) in [6, 6.07) is 3.83. The lowest BCUT2D eigenvalue weighted by molar-refractivity contribution is 1.27. The largest absolute Gasteiger partial charge is 0.313 e. The second-order valence-electron chi connectivity index (χ2n) is 2.18. The van der Waals surface area contributed by atoms with Gasteiger partial charge in [-0.15, -0.1) is 0 Å². The Balaban J connectivity index is 2.86. The van der Waals surface area contributed by atoms with E-state index in [4.69, 9.17) is 0 Å². The van der Waals surface area contributed by atoms with Gasteiger partial charge in [0.05, 0.1) is 22.9 Å². The highest BCUT2D eigenvalue weighted by Gasteiger charge is 1.90. The zero-order valence-corrected chi connectivity index (χ0v) is 8.92. The third-order valence-corrected chi connectivity index (χ3v) is 1.82. The number of aromatic nitrogens is 1. The molecule has 0 amide bonds. The van der Waals surface area contributed by atoms with Crippen molar-refractivity contribution in [1.29, 1.82) is 0 Å². The SMILES string of the molecule is CCC#Cc1ccnc(NI)c1. The molecule has 1 aromatic heterocycles. The van der Waals surface area contributed by atoms with Crippen molar-refractivity contribution in [3.63, 3.8) is 0 Å². The fourth-order valence-corrected chi connectivity index (χ4v) is 1.05. The predicted octanol–water partition coefficient (Wildman–Crippen LogP) is 2.61. The maximum atomic E-state index is 4.08. The van der Waals surface area contributed by atoms with Crippen LogP contribution in [0, 0.1) is 11.8 Å². The van der Waals surface area contributed by atoms with Crippen molar-refractivity contribution in [1.82, 2.24) is 4.98 Å². The molecule has 3 heteroatoms. The van der Waals surface area contributed by atoms with Gasteiger partial charge in [0.15, 0.2) is 0 Å². The highest BCUT2D eigenvalue weighted by molar-refractivity contribution is 14.1. The number of halogens is 1. The number of nitrogens with one attached hydrogen (secondary N) is 1. The molecule has 1 N–H and O–H groups in total. The Labute approximate surface area is 86.3 Å². The van der Waals surface area contributed by atoms with Crippen molar-refractivity contribution < 1.29 is 0 Å². The van der Waals surface area contributed by atoms with Crippen LogP contribution in [-0.2, 0) is 0 Å². The van der Waals surface area contributed by atoms with Crippen LogP contribution in [0.4, 0.5) is 5.82 Å². The molecular formula is C9H9IN2. The van der Waals surface area contributed by atoms with Crippen molar-refractivity contribution in [2.45, 2.75) is 13.3 Å². The van der Waals surface area contributed by atoms with Gasteiger partial charge in [-0.1, -0.05) is 18.8 Å². The highest BCUT2D eigenvalue weighted by Crippen LogP contribution is 2.06. The van der Waals surface area contributed by atoms with Gasteiger partial charge in [0.2, 0.25) is 0 Å². The lowest BCUT2D eigenvalue weighted by Crippen LogP contribution is -1.85. The number of rotatable bonds is 1. The van der Waals surface area contributed by atoms with Crippen molar-refractivity contribution in [3.8, 4) is 11.8 Å². The molecule has 0 aliphatic carbocycles. The molecule has 62 valence electrons. The minimum atomic E-state index is 0.846. The van der Waals surface area contributed by atoms with Crippen LogP contribution in [-0.4, -0.2) is 4.98 Å². The van der Waals surface area contributed by atoms with Crippen molar-refractivity contribution in [3.05, 3.63) is 23.9 Å². The van der Waals surface area contributed by atoms with Gasteiger partial charge in [-0.25, -0.2) is 4.98 Å². The summed E-state index contributed by atoms with van der Waals surface area (Å²) in [6.07, 6.45) is 2.63. The Morgan fingerprint density at radius 2 is 2.50 bits per heavy atom. The van der Waals surface area contributed by atoms with Gasteiger partial charge in [0.1, 0.15) is 5.82 Å². The van der Waals surface area contributed by atoms with Crippen molar-refractivity contribution in [2.24, 2.45) is 0 Å².